The Kier molecular flexibility index (Phi) is 8.11. The van der Waals surface area contributed by atoms with E-state index >= 15 is 0 Å². The summed E-state index contributed by atoms with van der Waals surface area (Å²) in [5.41, 5.74) is 6.83. The van der Waals surface area contributed by atoms with Crippen molar-refractivity contribution < 1.29 is 9.59 Å². The summed E-state index contributed by atoms with van der Waals surface area (Å²) in [4.78, 5) is 26.8. The first-order valence-corrected chi connectivity index (χ1v) is 9.11. The number of hydrogen-bond acceptors (Lipinski definition) is 5. The van der Waals surface area contributed by atoms with E-state index in [1.165, 1.54) is 5.56 Å². The fourth-order valence-electron chi connectivity index (χ4n) is 2.38. The van der Waals surface area contributed by atoms with Crippen LogP contribution in [-0.2, 0) is 17.8 Å². The molecule has 1 aromatic carbocycles. The van der Waals surface area contributed by atoms with Crippen LogP contribution in [0.3, 0.4) is 0 Å². The Balaban J connectivity index is 1.73. The fraction of sp³-hybridized carbons (Fsp3) is 0.333. The lowest BCUT2D eigenvalue weighted by Crippen LogP contribution is -2.45. The summed E-state index contributed by atoms with van der Waals surface area (Å²) < 4.78 is 0. The molecule has 2 aromatic rings. The summed E-state index contributed by atoms with van der Waals surface area (Å²) in [5.74, 6) is -0.329. The van der Waals surface area contributed by atoms with E-state index in [0.717, 1.165) is 11.3 Å². The number of thiophene rings is 1. The van der Waals surface area contributed by atoms with Gasteiger partial charge in [0.1, 0.15) is 0 Å². The second-order valence-corrected chi connectivity index (χ2v) is 6.64. The van der Waals surface area contributed by atoms with Gasteiger partial charge in [0, 0.05) is 24.5 Å². The molecule has 6 nitrogen and oxygen atoms in total. The first-order chi connectivity index (χ1) is 12.2. The van der Waals surface area contributed by atoms with Crippen LogP contribution in [0.5, 0.6) is 0 Å². The van der Waals surface area contributed by atoms with Gasteiger partial charge in [-0.2, -0.15) is 0 Å². The van der Waals surface area contributed by atoms with Crippen molar-refractivity contribution in [2.24, 2.45) is 5.73 Å². The van der Waals surface area contributed by atoms with E-state index in [1.807, 2.05) is 40.6 Å². The van der Waals surface area contributed by atoms with Crippen molar-refractivity contribution in [3.8, 4) is 0 Å². The molecule has 3 amide bonds. The molecule has 0 aliphatic rings. The predicted molar refractivity (Wildman–Crippen MR) is 100 cm³/mol. The van der Waals surface area contributed by atoms with Crippen molar-refractivity contribution in [2.75, 3.05) is 26.2 Å². The molecule has 0 fully saturated rings. The van der Waals surface area contributed by atoms with Gasteiger partial charge < -0.3 is 11.1 Å². The van der Waals surface area contributed by atoms with Gasteiger partial charge in [0.15, 0.2) is 0 Å². The molecule has 134 valence electrons. The molecular weight excluding hydrogens is 336 g/mol. The Hall–Kier alpha value is -2.22. The molecule has 0 aliphatic heterocycles. The molecular formula is C18H24N4O2S. The topological polar surface area (TPSA) is 87.5 Å². The van der Waals surface area contributed by atoms with Gasteiger partial charge in [-0.25, -0.2) is 4.79 Å². The normalized spacial score (nSPS) is 10.6. The molecule has 0 bridgehead atoms. The SMILES string of the molecule is NCCN(CCc1ccccc1)CC(=O)NC(=O)NCc1cccs1. The van der Waals surface area contributed by atoms with Gasteiger partial charge in [-0.1, -0.05) is 36.4 Å². The number of carbonyl (C=O) groups is 2. The van der Waals surface area contributed by atoms with E-state index in [2.05, 4.69) is 22.8 Å². The lowest BCUT2D eigenvalue weighted by atomic mass is 10.1. The van der Waals surface area contributed by atoms with Crippen molar-refractivity contribution in [1.82, 2.24) is 15.5 Å². The van der Waals surface area contributed by atoms with E-state index in [4.69, 9.17) is 5.73 Å². The van der Waals surface area contributed by atoms with Crippen molar-refractivity contribution in [1.29, 1.82) is 0 Å². The predicted octanol–water partition coefficient (Wildman–Crippen LogP) is 1.58. The highest BCUT2D eigenvalue weighted by molar-refractivity contribution is 7.09. The number of hydrogen-bond donors (Lipinski definition) is 3. The Morgan fingerprint density at radius 3 is 2.56 bits per heavy atom. The number of nitrogens with two attached hydrogens (primary N) is 1. The summed E-state index contributed by atoms with van der Waals surface area (Å²) >= 11 is 1.56. The quantitative estimate of drug-likeness (QED) is 0.634. The average molecular weight is 360 g/mol. The molecule has 4 N–H and O–H groups in total. The highest BCUT2D eigenvalue weighted by Gasteiger charge is 2.13. The Labute approximate surface area is 152 Å². The highest BCUT2D eigenvalue weighted by atomic mass is 32.1. The third kappa shape index (κ3) is 7.47. The molecule has 0 spiro atoms. The smallest absolute Gasteiger partial charge is 0.321 e. The van der Waals surface area contributed by atoms with Crippen LogP contribution in [0, 0.1) is 0 Å². The zero-order valence-corrected chi connectivity index (χ0v) is 14.9. The summed E-state index contributed by atoms with van der Waals surface area (Å²) in [6.07, 6.45) is 0.832. The molecule has 2 rings (SSSR count). The van der Waals surface area contributed by atoms with Crippen LogP contribution in [0.2, 0.25) is 0 Å². The molecule has 0 atom stereocenters. The minimum atomic E-state index is -0.478. The molecule has 0 radical (unpaired) electrons. The minimum absolute atomic E-state index is 0.149. The van der Waals surface area contributed by atoms with Crippen LogP contribution < -0.4 is 16.4 Å². The first-order valence-electron chi connectivity index (χ1n) is 8.24. The molecule has 0 aliphatic carbocycles. The minimum Gasteiger partial charge on any atom is -0.333 e. The number of rotatable bonds is 9. The largest absolute Gasteiger partial charge is 0.333 e. The van der Waals surface area contributed by atoms with E-state index in [-0.39, 0.29) is 12.5 Å². The van der Waals surface area contributed by atoms with Gasteiger partial charge in [-0.05, 0) is 23.4 Å². The Bertz CT molecular complexity index is 646. The maximum Gasteiger partial charge on any atom is 0.321 e. The lowest BCUT2D eigenvalue weighted by molar-refractivity contribution is -0.121. The number of urea groups is 1. The maximum absolute atomic E-state index is 12.1. The van der Waals surface area contributed by atoms with Crippen molar-refractivity contribution in [3.63, 3.8) is 0 Å². The molecule has 1 heterocycles. The number of nitrogens with one attached hydrogen (secondary N) is 2. The maximum atomic E-state index is 12.1. The Morgan fingerprint density at radius 1 is 1.08 bits per heavy atom. The number of carbonyl (C=O) groups excluding carboxylic acids is 2. The van der Waals surface area contributed by atoms with Crippen LogP contribution in [-0.4, -0.2) is 43.0 Å². The lowest BCUT2D eigenvalue weighted by Gasteiger charge is -2.20. The Morgan fingerprint density at radius 2 is 1.88 bits per heavy atom. The summed E-state index contributed by atoms with van der Waals surface area (Å²) in [6.45, 7) is 2.35. The number of imide groups is 1. The third-order valence-electron chi connectivity index (χ3n) is 3.63. The van der Waals surface area contributed by atoms with Gasteiger partial charge in [-0.15, -0.1) is 11.3 Å². The van der Waals surface area contributed by atoms with Gasteiger partial charge >= 0.3 is 6.03 Å². The van der Waals surface area contributed by atoms with Gasteiger partial charge in [0.2, 0.25) is 5.91 Å². The number of benzene rings is 1. The fourth-order valence-corrected chi connectivity index (χ4v) is 3.02. The van der Waals surface area contributed by atoms with Crippen LogP contribution in [0.15, 0.2) is 47.8 Å². The third-order valence-corrected chi connectivity index (χ3v) is 4.50. The van der Waals surface area contributed by atoms with Gasteiger partial charge in [-0.3, -0.25) is 15.0 Å². The summed E-state index contributed by atoms with van der Waals surface area (Å²) in [5, 5.41) is 6.98. The molecule has 7 heteroatoms. The second-order valence-electron chi connectivity index (χ2n) is 5.61. The summed E-state index contributed by atoms with van der Waals surface area (Å²) in [7, 11) is 0. The van der Waals surface area contributed by atoms with Crippen LogP contribution >= 0.6 is 11.3 Å². The van der Waals surface area contributed by atoms with Crippen molar-refractivity contribution in [2.45, 2.75) is 13.0 Å². The molecule has 0 saturated carbocycles. The molecule has 1 aromatic heterocycles. The summed E-state index contributed by atoms with van der Waals surface area (Å²) in [6, 6.07) is 13.4. The number of nitrogens with zero attached hydrogens (tertiary/aromatic N) is 1. The monoisotopic (exact) mass is 360 g/mol. The van der Waals surface area contributed by atoms with E-state index in [1.54, 1.807) is 11.3 Å². The van der Waals surface area contributed by atoms with E-state index < -0.39 is 6.03 Å². The van der Waals surface area contributed by atoms with E-state index in [9.17, 15) is 9.59 Å². The highest BCUT2D eigenvalue weighted by Crippen LogP contribution is 2.07. The van der Waals surface area contributed by atoms with Gasteiger partial charge in [0.05, 0.1) is 13.1 Å². The zero-order chi connectivity index (χ0) is 17.9. The average Bonchev–Trinajstić information content (AvgIpc) is 3.12. The van der Waals surface area contributed by atoms with Gasteiger partial charge in [0.25, 0.3) is 0 Å². The number of amides is 3. The second kappa shape index (κ2) is 10.6. The standard InChI is InChI=1S/C18H24N4O2S/c19-9-11-22(10-8-15-5-2-1-3-6-15)14-17(23)21-18(24)20-13-16-7-4-12-25-16/h1-7,12H,8-11,13-14,19H2,(H2,20,21,23,24). The van der Waals surface area contributed by atoms with Crippen molar-refractivity contribution in [3.05, 3.63) is 58.3 Å². The van der Waals surface area contributed by atoms with E-state index in [0.29, 0.717) is 26.2 Å². The first kappa shape index (κ1) is 19.1. The molecule has 0 saturated heterocycles. The van der Waals surface area contributed by atoms with Crippen molar-refractivity contribution >= 4 is 23.3 Å². The zero-order valence-electron chi connectivity index (χ0n) is 14.1. The van der Waals surface area contributed by atoms with Crippen LogP contribution in [0.25, 0.3) is 0 Å². The van der Waals surface area contributed by atoms with Crippen LogP contribution in [0.1, 0.15) is 10.4 Å². The molecule has 0 unspecified atom stereocenters. The molecule has 25 heavy (non-hydrogen) atoms. The van der Waals surface area contributed by atoms with Crippen LogP contribution in [0.4, 0.5) is 4.79 Å².